The molecule has 0 fully saturated rings. The third-order valence-electron chi connectivity index (χ3n) is 1.15. The molecule has 0 aliphatic carbocycles. The lowest BCUT2D eigenvalue weighted by Crippen LogP contribution is -2.23. The molecular formula is C8H12INO3. The maximum Gasteiger partial charge on any atom is 0.446 e. The Morgan fingerprint density at radius 1 is 1.69 bits per heavy atom. The molecule has 0 saturated heterocycles. The number of amides is 1. The van der Waals surface area contributed by atoms with Gasteiger partial charge in [-0.2, -0.15) is 0 Å². The Balaban J connectivity index is 3.69. The van der Waals surface area contributed by atoms with Crippen LogP contribution in [0.15, 0.2) is 0 Å². The Bertz CT molecular complexity index is 209. The van der Waals surface area contributed by atoms with Crippen molar-refractivity contribution in [1.29, 1.82) is 0 Å². The van der Waals surface area contributed by atoms with Gasteiger partial charge in [0.15, 0.2) is 0 Å². The summed E-state index contributed by atoms with van der Waals surface area (Å²) in [7, 11) is 0. The predicted octanol–water partition coefficient (Wildman–Crippen LogP) is 2.01. The number of alkyl halides is 1. The van der Waals surface area contributed by atoms with Gasteiger partial charge in [0.25, 0.3) is 0 Å². The number of hydrogen-bond acceptors (Lipinski definition) is 3. The third kappa shape index (κ3) is 6.66. The standard InChI is InChI=1S/C8H12INO3/c1-2-3-7-13-8(11)10(12)6-4-5-9/h12H,2-3,5,7H2,1H3. The van der Waals surface area contributed by atoms with Gasteiger partial charge in [-0.3, -0.25) is 5.21 Å². The van der Waals surface area contributed by atoms with Crippen molar-refractivity contribution in [3.8, 4) is 12.0 Å². The minimum Gasteiger partial charge on any atom is -0.447 e. The first-order valence-corrected chi connectivity index (χ1v) is 5.45. The van der Waals surface area contributed by atoms with Gasteiger partial charge in [-0.1, -0.05) is 41.9 Å². The van der Waals surface area contributed by atoms with Crippen LogP contribution in [-0.2, 0) is 4.74 Å². The molecule has 0 aliphatic rings. The normalized spacial score (nSPS) is 8.54. The predicted molar refractivity (Wildman–Crippen MR) is 56.5 cm³/mol. The lowest BCUT2D eigenvalue weighted by atomic mass is 10.4. The van der Waals surface area contributed by atoms with E-state index in [1.54, 1.807) is 0 Å². The van der Waals surface area contributed by atoms with Gasteiger partial charge in [0.1, 0.15) is 0 Å². The average Bonchev–Trinajstić information content (AvgIpc) is 2.14. The van der Waals surface area contributed by atoms with Gasteiger partial charge in [0, 0.05) is 6.04 Å². The van der Waals surface area contributed by atoms with Gasteiger partial charge in [0.05, 0.1) is 11.0 Å². The van der Waals surface area contributed by atoms with Gasteiger partial charge in [-0.25, -0.2) is 4.79 Å². The summed E-state index contributed by atoms with van der Waals surface area (Å²) in [6.45, 7) is 2.30. The van der Waals surface area contributed by atoms with Crippen molar-refractivity contribution < 1.29 is 14.7 Å². The zero-order valence-electron chi connectivity index (χ0n) is 7.42. The number of carbonyl (C=O) groups is 1. The van der Waals surface area contributed by atoms with E-state index in [1.807, 2.05) is 29.5 Å². The molecule has 5 heteroatoms. The zero-order valence-corrected chi connectivity index (χ0v) is 9.57. The molecular weight excluding hydrogens is 285 g/mol. The largest absolute Gasteiger partial charge is 0.447 e. The van der Waals surface area contributed by atoms with E-state index in [9.17, 15) is 4.79 Å². The van der Waals surface area contributed by atoms with E-state index in [2.05, 4.69) is 16.7 Å². The van der Waals surface area contributed by atoms with Crippen LogP contribution in [0.2, 0.25) is 0 Å². The second-order valence-corrected chi connectivity index (χ2v) is 2.96. The number of unbranched alkanes of at least 4 members (excludes halogenated alkanes) is 1. The molecule has 13 heavy (non-hydrogen) atoms. The molecule has 0 saturated carbocycles. The molecule has 0 unspecified atom stereocenters. The summed E-state index contributed by atoms with van der Waals surface area (Å²) < 4.78 is 5.23. The van der Waals surface area contributed by atoms with Crippen LogP contribution in [0.3, 0.4) is 0 Å². The molecule has 0 aromatic heterocycles. The second kappa shape index (κ2) is 8.13. The molecule has 74 valence electrons. The van der Waals surface area contributed by atoms with Crippen molar-refractivity contribution in [3.63, 3.8) is 0 Å². The Hall–Kier alpha value is -0.480. The molecule has 1 N–H and O–H groups in total. The van der Waals surface area contributed by atoms with Crippen molar-refractivity contribution in [2.24, 2.45) is 0 Å². The molecule has 0 heterocycles. The molecule has 1 amide bonds. The fourth-order valence-electron chi connectivity index (χ4n) is 0.515. The quantitative estimate of drug-likeness (QED) is 0.165. The summed E-state index contributed by atoms with van der Waals surface area (Å²) in [5, 5.41) is 9.20. The van der Waals surface area contributed by atoms with Crippen LogP contribution in [0.25, 0.3) is 0 Å². The highest BCUT2D eigenvalue weighted by Gasteiger charge is 2.08. The highest BCUT2D eigenvalue weighted by atomic mass is 127. The SMILES string of the molecule is CCCCOC(=O)N(O)C#CCI. The molecule has 0 aromatic carbocycles. The highest BCUT2D eigenvalue weighted by molar-refractivity contribution is 14.1. The van der Waals surface area contributed by atoms with Crippen LogP contribution in [0.4, 0.5) is 4.79 Å². The molecule has 0 atom stereocenters. The van der Waals surface area contributed by atoms with Gasteiger partial charge in [-0.15, -0.1) is 5.06 Å². The van der Waals surface area contributed by atoms with Crippen LogP contribution in [-0.4, -0.2) is 27.4 Å². The maximum absolute atomic E-state index is 10.9. The summed E-state index contributed by atoms with van der Waals surface area (Å²) in [5.41, 5.74) is 0. The summed E-state index contributed by atoms with van der Waals surface area (Å²) in [6.07, 6.45) is 0.919. The van der Waals surface area contributed by atoms with Crippen molar-refractivity contribution in [3.05, 3.63) is 0 Å². The summed E-state index contributed by atoms with van der Waals surface area (Å²) in [5.74, 6) is 2.53. The molecule has 0 bridgehead atoms. The third-order valence-corrected chi connectivity index (χ3v) is 1.53. The Labute approximate surface area is 91.3 Å². The van der Waals surface area contributed by atoms with Gasteiger partial charge < -0.3 is 4.74 Å². The topological polar surface area (TPSA) is 49.8 Å². The molecule has 0 spiro atoms. The van der Waals surface area contributed by atoms with Gasteiger partial charge >= 0.3 is 6.09 Å². The Morgan fingerprint density at radius 3 is 2.92 bits per heavy atom. The van der Waals surface area contributed by atoms with E-state index in [1.165, 1.54) is 0 Å². The molecule has 0 aromatic rings. The summed E-state index contributed by atoms with van der Waals surface area (Å²) >= 11 is 2.02. The van der Waals surface area contributed by atoms with Crippen LogP contribution >= 0.6 is 22.6 Å². The van der Waals surface area contributed by atoms with Gasteiger partial charge in [0.2, 0.25) is 0 Å². The fourth-order valence-corrected chi connectivity index (χ4v) is 0.686. The van der Waals surface area contributed by atoms with Crippen molar-refractivity contribution in [1.82, 2.24) is 5.06 Å². The maximum atomic E-state index is 10.9. The minimum absolute atomic E-state index is 0.272. The highest BCUT2D eigenvalue weighted by Crippen LogP contribution is 1.92. The second-order valence-electron chi connectivity index (χ2n) is 2.20. The van der Waals surface area contributed by atoms with Crippen molar-refractivity contribution >= 4 is 28.7 Å². The van der Waals surface area contributed by atoms with Gasteiger partial charge in [-0.05, 0) is 6.42 Å². The molecule has 0 radical (unpaired) electrons. The average molecular weight is 297 g/mol. The van der Waals surface area contributed by atoms with E-state index in [0.717, 1.165) is 12.8 Å². The smallest absolute Gasteiger partial charge is 0.446 e. The van der Waals surface area contributed by atoms with E-state index in [-0.39, 0.29) is 5.06 Å². The number of hydrogen-bond donors (Lipinski definition) is 1. The van der Waals surface area contributed by atoms with Crippen LogP contribution in [0.5, 0.6) is 0 Å². The molecule has 0 rings (SSSR count). The first-order valence-electron chi connectivity index (χ1n) is 3.92. The van der Waals surface area contributed by atoms with E-state index in [4.69, 9.17) is 5.21 Å². The number of hydroxylamine groups is 2. The van der Waals surface area contributed by atoms with E-state index >= 15 is 0 Å². The van der Waals surface area contributed by atoms with Crippen molar-refractivity contribution in [2.75, 3.05) is 11.0 Å². The minimum atomic E-state index is -0.814. The monoisotopic (exact) mass is 297 g/mol. The van der Waals surface area contributed by atoms with E-state index in [0.29, 0.717) is 11.0 Å². The summed E-state index contributed by atoms with van der Waals surface area (Å²) in [6, 6.07) is 2.22. The number of rotatable bonds is 3. The van der Waals surface area contributed by atoms with Crippen LogP contribution in [0.1, 0.15) is 19.8 Å². The number of ether oxygens (including phenoxy) is 1. The number of halogens is 1. The Morgan fingerprint density at radius 2 is 2.38 bits per heavy atom. The Kier molecular flexibility index (Phi) is 7.83. The lowest BCUT2D eigenvalue weighted by molar-refractivity contribution is -0.0254. The van der Waals surface area contributed by atoms with Crippen LogP contribution in [0, 0.1) is 12.0 Å². The van der Waals surface area contributed by atoms with Crippen molar-refractivity contribution in [2.45, 2.75) is 19.8 Å². The number of carbonyl (C=O) groups excluding carboxylic acids is 1. The fraction of sp³-hybridized carbons (Fsp3) is 0.625. The first-order chi connectivity index (χ1) is 6.22. The zero-order chi connectivity index (χ0) is 10.1. The summed E-state index contributed by atoms with van der Waals surface area (Å²) in [4.78, 5) is 10.9. The molecule has 4 nitrogen and oxygen atoms in total. The number of nitrogens with zero attached hydrogens (tertiary/aromatic N) is 1. The first kappa shape index (κ1) is 12.5. The molecule has 0 aliphatic heterocycles. The van der Waals surface area contributed by atoms with Crippen LogP contribution < -0.4 is 0 Å². The lowest BCUT2D eigenvalue weighted by Gasteiger charge is -2.06. The van der Waals surface area contributed by atoms with E-state index < -0.39 is 6.09 Å².